The van der Waals surface area contributed by atoms with E-state index in [-0.39, 0.29) is 5.56 Å². The van der Waals surface area contributed by atoms with Gasteiger partial charge in [-0.3, -0.25) is 4.57 Å². The van der Waals surface area contributed by atoms with Gasteiger partial charge in [0.05, 0.1) is 11.2 Å². The van der Waals surface area contributed by atoms with Crippen molar-refractivity contribution >= 4 is 22.4 Å². The summed E-state index contributed by atoms with van der Waals surface area (Å²) in [5.41, 5.74) is 0.759. The maximum absolute atomic E-state index is 13.8. The van der Waals surface area contributed by atoms with Crippen LogP contribution in [0.2, 0.25) is 0 Å². The molecule has 0 aliphatic rings. The molecule has 3 heterocycles. The highest BCUT2D eigenvalue weighted by atomic mass is 19.3. The van der Waals surface area contributed by atoms with Crippen molar-refractivity contribution in [2.75, 3.05) is 12.4 Å². The van der Waals surface area contributed by atoms with Crippen LogP contribution in [-0.4, -0.2) is 26.0 Å². The fourth-order valence-electron chi connectivity index (χ4n) is 2.98. The molecule has 8 heteroatoms. The van der Waals surface area contributed by atoms with E-state index in [1.54, 1.807) is 48.2 Å². The monoisotopic (exact) mass is 355 g/mol. The Morgan fingerprint density at radius 1 is 1.15 bits per heavy atom. The van der Waals surface area contributed by atoms with Crippen LogP contribution in [-0.2, 0) is 5.92 Å². The predicted molar refractivity (Wildman–Crippen MR) is 95.2 cm³/mol. The lowest BCUT2D eigenvalue weighted by atomic mass is 10.1. The molecule has 132 valence electrons. The number of fused-ring (bicyclic) bond motifs is 2. The van der Waals surface area contributed by atoms with Gasteiger partial charge in [-0.05, 0) is 18.2 Å². The van der Waals surface area contributed by atoms with Crippen LogP contribution in [0.25, 0.3) is 22.2 Å². The highest BCUT2D eigenvalue weighted by molar-refractivity contribution is 5.90. The van der Waals surface area contributed by atoms with Gasteiger partial charge in [0.25, 0.3) is 5.92 Å². The highest BCUT2D eigenvalue weighted by Crippen LogP contribution is 2.31. The van der Waals surface area contributed by atoms with E-state index in [4.69, 9.17) is 0 Å². The molecule has 0 spiro atoms. The van der Waals surface area contributed by atoms with E-state index in [0.29, 0.717) is 28.1 Å². The van der Waals surface area contributed by atoms with Gasteiger partial charge in [0.15, 0.2) is 0 Å². The zero-order valence-corrected chi connectivity index (χ0v) is 14.1. The largest absolute Gasteiger partial charge is 0.372 e. The fraction of sp³-hybridized carbons (Fsp3) is 0.167. The summed E-state index contributed by atoms with van der Waals surface area (Å²) in [4.78, 5) is 20.9. The average Bonchev–Trinajstić information content (AvgIpc) is 3.07. The number of halogens is 2. The molecule has 0 unspecified atom stereocenters. The molecule has 1 N–H and O–H groups in total. The number of hydrogen-bond acceptors (Lipinski definition) is 4. The molecular weight excluding hydrogens is 340 g/mol. The topological polar surface area (TPSA) is 64.2 Å². The van der Waals surface area contributed by atoms with Gasteiger partial charge in [0.2, 0.25) is 0 Å². The van der Waals surface area contributed by atoms with Gasteiger partial charge in [-0.15, -0.1) is 0 Å². The SMILES string of the molecule is CNc1nc(=O)n(-c2ccn3ccnc3c2)c2cc(C(C)(F)F)ccc12. The minimum Gasteiger partial charge on any atom is -0.372 e. The second-order valence-electron chi connectivity index (χ2n) is 6.03. The van der Waals surface area contributed by atoms with E-state index in [1.165, 1.54) is 16.7 Å². The highest BCUT2D eigenvalue weighted by Gasteiger charge is 2.25. The molecule has 0 bridgehead atoms. The zero-order valence-electron chi connectivity index (χ0n) is 14.1. The first-order valence-electron chi connectivity index (χ1n) is 7.94. The molecule has 0 radical (unpaired) electrons. The molecule has 0 fully saturated rings. The smallest absolute Gasteiger partial charge is 0.354 e. The molecule has 1 aromatic carbocycles. The summed E-state index contributed by atoms with van der Waals surface area (Å²) in [5.74, 6) is -2.68. The van der Waals surface area contributed by atoms with Gasteiger partial charge in [-0.2, -0.15) is 4.98 Å². The third-order valence-corrected chi connectivity index (χ3v) is 4.28. The second kappa shape index (κ2) is 5.62. The van der Waals surface area contributed by atoms with Crippen LogP contribution in [0.3, 0.4) is 0 Å². The van der Waals surface area contributed by atoms with E-state index < -0.39 is 11.6 Å². The van der Waals surface area contributed by atoms with Gasteiger partial charge in [-0.25, -0.2) is 18.6 Å². The Balaban J connectivity index is 2.09. The van der Waals surface area contributed by atoms with Crippen molar-refractivity contribution in [2.45, 2.75) is 12.8 Å². The van der Waals surface area contributed by atoms with Gasteiger partial charge >= 0.3 is 5.69 Å². The number of alkyl halides is 2. The molecule has 6 nitrogen and oxygen atoms in total. The molecule has 0 atom stereocenters. The van der Waals surface area contributed by atoms with Crippen molar-refractivity contribution in [3.8, 4) is 5.69 Å². The van der Waals surface area contributed by atoms with Crippen LogP contribution in [0.15, 0.2) is 53.7 Å². The van der Waals surface area contributed by atoms with Crippen molar-refractivity contribution in [2.24, 2.45) is 0 Å². The van der Waals surface area contributed by atoms with Crippen LogP contribution in [0.5, 0.6) is 0 Å². The quantitative estimate of drug-likeness (QED) is 0.613. The summed E-state index contributed by atoms with van der Waals surface area (Å²) in [7, 11) is 1.63. The number of nitrogens with one attached hydrogen (secondary N) is 1. The first-order chi connectivity index (χ1) is 12.4. The van der Waals surface area contributed by atoms with Gasteiger partial charge < -0.3 is 9.72 Å². The molecule has 3 aromatic heterocycles. The van der Waals surface area contributed by atoms with Gasteiger partial charge in [0.1, 0.15) is 11.5 Å². The molecule has 4 aromatic rings. The number of nitrogens with zero attached hydrogens (tertiary/aromatic N) is 4. The Hall–Kier alpha value is -3.29. The van der Waals surface area contributed by atoms with Crippen molar-refractivity contribution in [1.82, 2.24) is 18.9 Å². The van der Waals surface area contributed by atoms with Crippen molar-refractivity contribution in [3.63, 3.8) is 0 Å². The maximum atomic E-state index is 13.8. The normalized spacial score (nSPS) is 12.0. The van der Waals surface area contributed by atoms with Gasteiger partial charge in [0, 0.05) is 49.6 Å². The third kappa shape index (κ3) is 2.50. The predicted octanol–water partition coefficient (Wildman–Crippen LogP) is 3.19. The summed E-state index contributed by atoms with van der Waals surface area (Å²) in [6.07, 6.45) is 5.16. The number of hydrogen-bond donors (Lipinski definition) is 1. The molecule has 0 aliphatic carbocycles. The van der Waals surface area contributed by atoms with Crippen molar-refractivity contribution < 1.29 is 8.78 Å². The second-order valence-corrected chi connectivity index (χ2v) is 6.03. The van der Waals surface area contributed by atoms with Crippen LogP contribution in [0.1, 0.15) is 12.5 Å². The Kier molecular flexibility index (Phi) is 3.50. The Morgan fingerprint density at radius 2 is 1.96 bits per heavy atom. The number of imidazole rings is 1. The third-order valence-electron chi connectivity index (χ3n) is 4.28. The lowest BCUT2D eigenvalue weighted by molar-refractivity contribution is 0.0176. The summed E-state index contributed by atoms with van der Waals surface area (Å²) in [6, 6.07) is 7.64. The molecule has 4 rings (SSSR count). The Morgan fingerprint density at radius 3 is 2.69 bits per heavy atom. The van der Waals surface area contributed by atoms with Crippen LogP contribution >= 0.6 is 0 Å². The number of pyridine rings is 1. The molecular formula is C18H15F2N5O. The van der Waals surface area contributed by atoms with Crippen molar-refractivity contribution in [1.29, 1.82) is 0 Å². The standard InChI is InChI=1S/C18H15F2N5O/c1-18(19,20)11-3-4-13-14(9-11)25(17(26)23-16(13)21-2)12-5-7-24-8-6-22-15(24)10-12/h3-10H,1-2H3,(H,21,23,26). The zero-order chi connectivity index (χ0) is 18.5. The van der Waals surface area contributed by atoms with E-state index in [9.17, 15) is 13.6 Å². The number of rotatable bonds is 3. The summed E-state index contributed by atoms with van der Waals surface area (Å²) in [6.45, 7) is 0.827. The van der Waals surface area contributed by atoms with Gasteiger partial charge in [-0.1, -0.05) is 6.07 Å². The van der Waals surface area contributed by atoms with Crippen LogP contribution in [0.4, 0.5) is 14.6 Å². The number of anilines is 1. The molecule has 0 saturated carbocycles. The van der Waals surface area contributed by atoms with Crippen LogP contribution < -0.4 is 11.0 Å². The number of aromatic nitrogens is 4. The average molecular weight is 355 g/mol. The summed E-state index contributed by atoms with van der Waals surface area (Å²) < 4.78 is 30.8. The van der Waals surface area contributed by atoms with E-state index in [0.717, 1.165) is 6.92 Å². The molecule has 26 heavy (non-hydrogen) atoms. The van der Waals surface area contributed by atoms with E-state index in [2.05, 4.69) is 15.3 Å². The van der Waals surface area contributed by atoms with Crippen LogP contribution in [0, 0.1) is 0 Å². The first-order valence-corrected chi connectivity index (χ1v) is 7.94. The first kappa shape index (κ1) is 16.2. The Labute approximate surface area is 146 Å². The molecule has 0 aliphatic heterocycles. The van der Waals surface area contributed by atoms with Crippen molar-refractivity contribution in [3.05, 3.63) is 65.0 Å². The lowest BCUT2D eigenvalue weighted by Crippen LogP contribution is -2.23. The fourth-order valence-corrected chi connectivity index (χ4v) is 2.98. The summed E-state index contributed by atoms with van der Waals surface area (Å²) in [5, 5.41) is 3.42. The van der Waals surface area contributed by atoms with E-state index >= 15 is 0 Å². The number of benzene rings is 1. The maximum Gasteiger partial charge on any atom is 0.354 e. The molecule has 0 amide bonds. The minimum absolute atomic E-state index is 0.173. The Bertz CT molecular complexity index is 1190. The lowest BCUT2D eigenvalue weighted by Gasteiger charge is -2.16. The summed E-state index contributed by atoms with van der Waals surface area (Å²) >= 11 is 0. The molecule has 0 saturated heterocycles. The minimum atomic E-state index is -3.02. The van der Waals surface area contributed by atoms with E-state index in [1.807, 2.05) is 0 Å².